The second-order valence-electron chi connectivity index (χ2n) is 4.48. The summed E-state index contributed by atoms with van der Waals surface area (Å²) in [7, 11) is 0. The van der Waals surface area contributed by atoms with E-state index in [2.05, 4.69) is 10.2 Å². The van der Waals surface area contributed by atoms with Gasteiger partial charge in [-0.25, -0.2) is 0 Å². The van der Waals surface area contributed by atoms with Crippen LogP contribution in [0.1, 0.15) is 25.0 Å². The molecule has 1 atom stereocenters. The van der Waals surface area contributed by atoms with E-state index in [9.17, 15) is 5.11 Å². The lowest BCUT2D eigenvalue weighted by Crippen LogP contribution is -1.97. The summed E-state index contributed by atoms with van der Waals surface area (Å²) in [6.45, 7) is 1.97. The fourth-order valence-electron chi connectivity index (χ4n) is 2.06. The first kappa shape index (κ1) is 13.1. The predicted octanol–water partition coefficient (Wildman–Crippen LogP) is 3.32. The maximum Gasteiger partial charge on any atom is 0.200 e. The highest BCUT2D eigenvalue weighted by Crippen LogP contribution is 2.33. The number of aliphatic hydroxyl groups is 1. The first-order chi connectivity index (χ1) is 9.79. The van der Waals surface area contributed by atoms with Crippen LogP contribution in [0.15, 0.2) is 58.7 Å². The molecule has 0 aliphatic rings. The maximum atomic E-state index is 10.1. The normalized spacial score (nSPS) is 12.7. The number of hydrogen-bond acceptors (Lipinski definition) is 4. The Morgan fingerprint density at radius 2 is 1.95 bits per heavy atom. The van der Waals surface area contributed by atoms with Crippen molar-refractivity contribution < 1.29 is 5.11 Å². The van der Waals surface area contributed by atoms with E-state index in [-0.39, 0.29) is 0 Å². The van der Waals surface area contributed by atoms with Crippen LogP contribution < -0.4 is 0 Å². The Morgan fingerprint density at radius 1 is 1.15 bits per heavy atom. The van der Waals surface area contributed by atoms with E-state index in [1.807, 2.05) is 60.0 Å². The summed E-state index contributed by atoms with van der Waals surface area (Å²) in [5.41, 5.74) is 1.76. The van der Waals surface area contributed by atoms with Gasteiger partial charge in [0.15, 0.2) is 10.8 Å². The van der Waals surface area contributed by atoms with Crippen molar-refractivity contribution >= 4 is 17.4 Å². The molecule has 0 saturated heterocycles. The Hall–Kier alpha value is -1.85. The molecule has 0 amide bonds. The second kappa shape index (κ2) is 5.64. The fraction of sp³-hybridized carbons (Fsp3) is 0.200. The predicted molar refractivity (Wildman–Crippen MR) is 78.8 cm³/mol. The van der Waals surface area contributed by atoms with Crippen LogP contribution in [0.3, 0.4) is 0 Å². The topological polar surface area (TPSA) is 50.4 Å². The Balaban J connectivity index is 1.99. The van der Waals surface area contributed by atoms with Crippen LogP contribution >= 0.6 is 11.8 Å². The van der Waals surface area contributed by atoms with Crippen LogP contribution in [0.4, 0.5) is 0 Å². The molecule has 3 aromatic rings. The number of benzene rings is 1. The molecule has 0 aliphatic heterocycles. The van der Waals surface area contributed by atoms with Crippen LogP contribution in [0, 0.1) is 0 Å². The number of aromatic nitrogens is 3. The van der Waals surface area contributed by atoms with Gasteiger partial charge in [-0.05, 0) is 41.9 Å². The quantitative estimate of drug-likeness (QED) is 0.799. The van der Waals surface area contributed by atoms with Gasteiger partial charge in [0.25, 0.3) is 0 Å². The van der Waals surface area contributed by atoms with Crippen molar-refractivity contribution in [3.8, 4) is 0 Å². The van der Waals surface area contributed by atoms with Crippen LogP contribution in [0.2, 0.25) is 0 Å². The number of pyridine rings is 1. The SMILES string of the molecule is CCC(O)c1ccccc1Sc1nnc2ccccn12. The van der Waals surface area contributed by atoms with Crippen molar-refractivity contribution in [2.45, 2.75) is 29.5 Å². The van der Waals surface area contributed by atoms with Crippen LogP contribution in [0.5, 0.6) is 0 Å². The molecule has 3 rings (SSSR count). The van der Waals surface area contributed by atoms with Gasteiger partial charge in [0, 0.05) is 11.1 Å². The van der Waals surface area contributed by atoms with Gasteiger partial charge in [0.05, 0.1) is 6.10 Å². The molecule has 2 heterocycles. The van der Waals surface area contributed by atoms with Gasteiger partial charge < -0.3 is 5.11 Å². The minimum atomic E-state index is -0.446. The molecule has 0 fully saturated rings. The molecular weight excluding hydrogens is 270 g/mol. The van der Waals surface area contributed by atoms with E-state index in [0.29, 0.717) is 6.42 Å². The van der Waals surface area contributed by atoms with E-state index < -0.39 is 6.10 Å². The Morgan fingerprint density at radius 3 is 2.80 bits per heavy atom. The van der Waals surface area contributed by atoms with Gasteiger partial charge in [-0.1, -0.05) is 31.2 Å². The van der Waals surface area contributed by atoms with Crippen LogP contribution in [-0.2, 0) is 0 Å². The van der Waals surface area contributed by atoms with Gasteiger partial charge in [-0.15, -0.1) is 10.2 Å². The third kappa shape index (κ3) is 2.42. The molecule has 4 nitrogen and oxygen atoms in total. The summed E-state index contributed by atoms with van der Waals surface area (Å²) in [5, 5.41) is 19.2. The zero-order chi connectivity index (χ0) is 13.9. The average Bonchev–Trinajstić information content (AvgIpc) is 2.90. The number of hydrogen-bond donors (Lipinski definition) is 1. The lowest BCUT2D eigenvalue weighted by molar-refractivity contribution is 0.171. The average molecular weight is 285 g/mol. The third-order valence-corrected chi connectivity index (χ3v) is 4.20. The van der Waals surface area contributed by atoms with E-state index in [1.165, 1.54) is 11.8 Å². The monoisotopic (exact) mass is 285 g/mol. The first-order valence-electron chi connectivity index (χ1n) is 6.54. The summed E-state index contributed by atoms with van der Waals surface area (Å²) in [4.78, 5) is 1.01. The number of aliphatic hydroxyl groups excluding tert-OH is 1. The molecule has 102 valence electrons. The smallest absolute Gasteiger partial charge is 0.200 e. The molecule has 0 bridgehead atoms. The van der Waals surface area contributed by atoms with Crippen LogP contribution in [-0.4, -0.2) is 19.7 Å². The highest BCUT2D eigenvalue weighted by molar-refractivity contribution is 7.99. The Bertz CT molecular complexity index is 726. The van der Waals surface area contributed by atoms with Crippen LogP contribution in [0.25, 0.3) is 5.65 Å². The molecule has 1 aromatic carbocycles. The summed E-state index contributed by atoms with van der Waals surface area (Å²) in [6.07, 6.45) is 2.19. The number of nitrogens with zero attached hydrogens (tertiary/aromatic N) is 3. The molecule has 0 radical (unpaired) electrons. The molecule has 2 aromatic heterocycles. The zero-order valence-corrected chi connectivity index (χ0v) is 11.9. The van der Waals surface area contributed by atoms with Gasteiger partial charge in [0.1, 0.15) is 0 Å². The zero-order valence-electron chi connectivity index (χ0n) is 11.1. The molecule has 1 unspecified atom stereocenters. The summed E-state index contributed by atoms with van der Waals surface area (Å²) in [5.74, 6) is 0. The standard InChI is InChI=1S/C15H15N3OS/c1-2-12(19)11-7-3-4-8-13(11)20-15-17-16-14-9-5-6-10-18(14)15/h3-10,12,19H,2H2,1H3. The molecule has 1 N–H and O–H groups in total. The first-order valence-corrected chi connectivity index (χ1v) is 7.36. The van der Waals surface area contributed by atoms with Crippen molar-refractivity contribution in [3.05, 3.63) is 54.2 Å². The van der Waals surface area contributed by atoms with E-state index in [1.54, 1.807) is 0 Å². The Labute approximate surface area is 121 Å². The van der Waals surface area contributed by atoms with Crippen molar-refractivity contribution in [2.75, 3.05) is 0 Å². The summed E-state index contributed by atoms with van der Waals surface area (Å²) in [6, 6.07) is 13.7. The second-order valence-corrected chi connectivity index (χ2v) is 5.48. The minimum absolute atomic E-state index is 0.446. The number of rotatable bonds is 4. The number of fused-ring (bicyclic) bond motifs is 1. The molecule has 5 heteroatoms. The van der Waals surface area contributed by atoms with Gasteiger partial charge >= 0.3 is 0 Å². The van der Waals surface area contributed by atoms with E-state index in [4.69, 9.17) is 0 Å². The van der Waals surface area contributed by atoms with Gasteiger partial charge in [-0.2, -0.15) is 0 Å². The lowest BCUT2D eigenvalue weighted by atomic mass is 10.1. The molecule has 0 aliphatic carbocycles. The lowest BCUT2D eigenvalue weighted by Gasteiger charge is -2.12. The molecule has 20 heavy (non-hydrogen) atoms. The molecule has 0 saturated carbocycles. The van der Waals surface area contributed by atoms with Gasteiger partial charge in [0.2, 0.25) is 0 Å². The maximum absolute atomic E-state index is 10.1. The van der Waals surface area contributed by atoms with Crippen molar-refractivity contribution in [1.82, 2.24) is 14.6 Å². The van der Waals surface area contributed by atoms with Crippen molar-refractivity contribution in [1.29, 1.82) is 0 Å². The van der Waals surface area contributed by atoms with Crippen molar-refractivity contribution in [3.63, 3.8) is 0 Å². The Kier molecular flexibility index (Phi) is 3.71. The fourth-order valence-corrected chi connectivity index (χ4v) is 3.06. The highest BCUT2D eigenvalue weighted by atomic mass is 32.2. The van der Waals surface area contributed by atoms with E-state index in [0.717, 1.165) is 21.3 Å². The summed E-state index contributed by atoms with van der Waals surface area (Å²) < 4.78 is 1.94. The van der Waals surface area contributed by atoms with Crippen molar-refractivity contribution in [2.24, 2.45) is 0 Å². The highest BCUT2D eigenvalue weighted by Gasteiger charge is 2.13. The van der Waals surface area contributed by atoms with E-state index >= 15 is 0 Å². The van der Waals surface area contributed by atoms with Gasteiger partial charge in [-0.3, -0.25) is 4.40 Å². The molecular formula is C15H15N3OS. The molecule has 0 spiro atoms. The third-order valence-electron chi connectivity index (χ3n) is 3.15. The minimum Gasteiger partial charge on any atom is -0.388 e. The largest absolute Gasteiger partial charge is 0.388 e. The summed E-state index contributed by atoms with van der Waals surface area (Å²) >= 11 is 1.52.